The normalized spacial score (nSPS) is 11.9. The van der Waals surface area contributed by atoms with E-state index in [1.54, 1.807) is 6.07 Å². The molecule has 0 saturated heterocycles. The number of nitrogens with zero attached hydrogens (tertiary/aromatic N) is 3. The summed E-state index contributed by atoms with van der Waals surface area (Å²) in [5, 5.41) is 22.3. The average Bonchev–Trinajstić information content (AvgIpc) is 3.52. The summed E-state index contributed by atoms with van der Waals surface area (Å²) in [6.07, 6.45) is 53.4. The summed E-state index contributed by atoms with van der Waals surface area (Å²) < 4.78 is 0. The molecule has 0 radical (unpaired) electrons. The Hall–Kier alpha value is -4.12. The zero-order valence-corrected chi connectivity index (χ0v) is 53.7. The van der Waals surface area contributed by atoms with Gasteiger partial charge < -0.3 is 15.1 Å². The van der Waals surface area contributed by atoms with Crippen molar-refractivity contribution < 1.29 is 10.2 Å². The summed E-state index contributed by atoms with van der Waals surface area (Å²) in [6.45, 7) is 21.7. The first-order chi connectivity index (χ1) is 39.2. The number of aromatic hydroxyl groups is 2. The monoisotopic (exact) mass is 1100 g/mol. The van der Waals surface area contributed by atoms with Crippen LogP contribution >= 0.6 is 0 Å². The summed E-state index contributed by atoms with van der Waals surface area (Å²) in [7, 11) is 0. The van der Waals surface area contributed by atoms with E-state index >= 15 is 0 Å². The van der Waals surface area contributed by atoms with E-state index in [0.29, 0.717) is 5.39 Å². The molecule has 5 nitrogen and oxygen atoms in total. The fourth-order valence-corrected chi connectivity index (χ4v) is 11.9. The van der Waals surface area contributed by atoms with Gasteiger partial charge in [-0.1, -0.05) is 265 Å². The van der Waals surface area contributed by atoms with Crippen LogP contribution in [0.4, 0.5) is 17.1 Å². The van der Waals surface area contributed by atoms with Crippen LogP contribution in [0.3, 0.4) is 0 Å². The van der Waals surface area contributed by atoms with Gasteiger partial charge in [0.2, 0.25) is 0 Å². The molecule has 0 aliphatic carbocycles. The standard InChI is InChI=1S/C57H98N2.C18H25NO2/c1-7-13-15-16-17-18-19-20-21-22-23-24-25-26-27-28-29-30-31-32-33-34-35-36-37-38-39-41-43-57(59-55-47-45-51(10-4)53(12-6)49-55)56(42-40-14-8-2)58-54-46-44-50(9-3)52(11-5)48-54;1-4-7-9-13-12-15(19(5-2)6-3)18(21)17-14(13)10-8-11-16(17)20/h44-49H,7-43H2,1-6H3;8,10-12,20-21H,4-7,9H2,1-3H3. The number of aryl methyl sites for hydroxylation is 5. The Bertz CT molecular complexity index is 2250. The van der Waals surface area contributed by atoms with Crippen molar-refractivity contribution in [3.8, 4) is 11.5 Å². The van der Waals surface area contributed by atoms with E-state index in [0.717, 1.165) is 93.3 Å². The second-order valence-electron chi connectivity index (χ2n) is 23.6. The van der Waals surface area contributed by atoms with Crippen molar-refractivity contribution >= 4 is 39.3 Å². The van der Waals surface area contributed by atoms with Gasteiger partial charge >= 0.3 is 0 Å². The third kappa shape index (κ3) is 27.8. The third-order valence-corrected chi connectivity index (χ3v) is 17.1. The summed E-state index contributed by atoms with van der Waals surface area (Å²) in [6, 6.07) is 21.3. The number of rotatable bonds is 46. The Balaban J connectivity index is 0.000000662. The molecular formula is C75H123N3O2. The first kappa shape index (κ1) is 70.1. The molecule has 0 amide bonds. The Morgan fingerprint density at radius 1 is 0.362 bits per heavy atom. The molecule has 450 valence electrons. The maximum atomic E-state index is 10.6. The second kappa shape index (κ2) is 45.4. The molecule has 4 rings (SSSR count). The Morgan fingerprint density at radius 2 is 0.713 bits per heavy atom. The van der Waals surface area contributed by atoms with Gasteiger partial charge in [-0.2, -0.15) is 0 Å². The number of hydrogen-bond donors (Lipinski definition) is 2. The molecule has 0 unspecified atom stereocenters. The van der Waals surface area contributed by atoms with Gasteiger partial charge in [-0.25, -0.2) is 0 Å². The van der Waals surface area contributed by atoms with Gasteiger partial charge in [0.25, 0.3) is 0 Å². The van der Waals surface area contributed by atoms with Crippen molar-refractivity contribution in [2.75, 3.05) is 18.0 Å². The van der Waals surface area contributed by atoms with E-state index in [1.807, 2.05) is 12.1 Å². The Kier molecular flexibility index (Phi) is 39.8. The number of phenols is 2. The van der Waals surface area contributed by atoms with Crippen molar-refractivity contribution in [3.63, 3.8) is 0 Å². The maximum Gasteiger partial charge on any atom is 0.150 e. The summed E-state index contributed by atoms with van der Waals surface area (Å²) >= 11 is 0. The van der Waals surface area contributed by atoms with Gasteiger partial charge in [-0.05, 0) is 148 Å². The molecule has 0 aliphatic heterocycles. The van der Waals surface area contributed by atoms with E-state index in [1.165, 1.54) is 238 Å². The second-order valence-corrected chi connectivity index (χ2v) is 23.6. The molecule has 0 spiro atoms. The number of unbranched alkanes of at least 4 members (excludes halogenated alkanes) is 30. The minimum absolute atomic E-state index is 0.150. The molecule has 2 N–H and O–H groups in total. The highest BCUT2D eigenvalue weighted by atomic mass is 16.3. The van der Waals surface area contributed by atoms with Gasteiger partial charge in [0.15, 0.2) is 0 Å². The topological polar surface area (TPSA) is 68.4 Å². The fraction of sp³-hybridized carbons (Fsp3) is 0.680. The molecule has 0 bridgehead atoms. The van der Waals surface area contributed by atoms with Crippen LogP contribution in [-0.2, 0) is 32.1 Å². The number of anilines is 1. The lowest BCUT2D eigenvalue weighted by molar-refractivity contribution is 0.463. The van der Waals surface area contributed by atoms with Crippen LogP contribution in [0.15, 0.2) is 70.6 Å². The van der Waals surface area contributed by atoms with Crippen molar-refractivity contribution in [1.29, 1.82) is 0 Å². The zero-order chi connectivity index (χ0) is 57.8. The molecule has 0 fully saturated rings. The predicted octanol–water partition coefficient (Wildman–Crippen LogP) is 24.1. The van der Waals surface area contributed by atoms with E-state index in [2.05, 4.69) is 110 Å². The molecule has 0 aromatic heterocycles. The largest absolute Gasteiger partial charge is 0.507 e. The van der Waals surface area contributed by atoms with Crippen molar-refractivity contribution in [3.05, 3.63) is 88.5 Å². The van der Waals surface area contributed by atoms with Gasteiger partial charge in [-0.15, -0.1) is 0 Å². The molecule has 5 heteroatoms. The van der Waals surface area contributed by atoms with Crippen LogP contribution in [0, 0.1) is 0 Å². The van der Waals surface area contributed by atoms with Gasteiger partial charge in [-0.3, -0.25) is 9.98 Å². The van der Waals surface area contributed by atoms with E-state index in [4.69, 9.17) is 9.98 Å². The first-order valence-electron chi connectivity index (χ1n) is 34.3. The third-order valence-electron chi connectivity index (χ3n) is 17.1. The van der Waals surface area contributed by atoms with E-state index in [9.17, 15) is 10.2 Å². The van der Waals surface area contributed by atoms with Crippen molar-refractivity contribution in [2.45, 2.75) is 319 Å². The quantitative estimate of drug-likeness (QED) is 0.0342. The minimum atomic E-state index is 0.150. The number of phenolic OH excluding ortho intramolecular Hbond substituents is 2. The minimum Gasteiger partial charge on any atom is -0.507 e. The summed E-state index contributed by atoms with van der Waals surface area (Å²) in [4.78, 5) is 12.9. The lowest BCUT2D eigenvalue weighted by Gasteiger charge is -2.24. The van der Waals surface area contributed by atoms with Gasteiger partial charge in [0.05, 0.1) is 33.9 Å². The highest BCUT2D eigenvalue weighted by Crippen LogP contribution is 2.42. The Morgan fingerprint density at radius 3 is 1.07 bits per heavy atom. The van der Waals surface area contributed by atoms with Crippen molar-refractivity contribution in [1.82, 2.24) is 0 Å². The molecule has 0 atom stereocenters. The Labute approximate surface area is 494 Å². The number of benzene rings is 4. The zero-order valence-electron chi connectivity index (χ0n) is 53.7. The number of aliphatic imine (C=N–C) groups is 2. The van der Waals surface area contributed by atoms with E-state index < -0.39 is 0 Å². The first-order valence-corrected chi connectivity index (χ1v) is 34.3. The number of fused-ring (bicyclic) bond motifs is 1. The molecule has 80 heavy (non-hydrogen) atoms. The molecule has 0 heterocycles. The molecule has 0 aliphatic rings. The highest BCUT2D eigenvalue weighted by molar-refractivity contribution is 6.43. The lowest BCUT2D eigenvalue weighted by atomic mass is 9.97. The molecular weight excluding hydrogens is 975 g/mol. The molecule has 0 saturated carbocycles. The lowest BCUT2D eigenvalue weighted by Crippen LogP contribution is -2.22. The SMILES string of the molecule is CCCCCCCCCCCCCCCCCCCCCCCCCCCCCCC(=Nc1ccc(CC)c(CC)c1)C(CCCCC)=Nc1ccc(CC)c(CC)c1.CCCCc1cc(N(CC)CC)c(O)c2c(O)cccc12. The molecule has 4 aromatic carbocycles. The highest BCUT2D eigenvalue weighted by Gasteiger charge is 2.18. The van der Waals surface area contributed by atoms with Crippen LogP contribution in [0.5, 0.6) is 11.5 Å². The summed E-state index contributed by atoms with van der Waals surface area (Å²) in [5.74, 6) is 0.337. The van der Waals surface area contributed by atoms with Crippen LogP contribution in [0.25, 0.3) is 10.8 Å². The summed E-state index contributed by atoms with van der Waals surface area (Å²) in [5.41, 5.74) is 12.4. The van der Waals surface area contributed by atoms with Gasteiger partial charge in [0.1, 0.15) is 11.5 Å². The van der Waals surface area contributed by atoms with Crippen LogP contribution < -0.4 is 4.90 Å². The van der Waals surface area contributed by atoms with Crippen LogP contribution in [0.1, 0.15) is 315 Å². The predicted molar refractivity (Wildman–Crippen MR) is 358 cm³/mol. The van der Waals surface area contributed by atoms with Crippen molar-refractivity contribution in [2.24, 2.45) is 9.98 Å². The molecule has 4 aromatic rings. The van der Waals surface area contributed by atoms with Crippen LogP contribution in [-0.4, -0.2) is 34.7 Å². The average molecular weight is 1100 g/mol. The fourth-order valence-electron chi connectivity index (χ4n) is 11.9. The van der Waals surface area contributed by atoms with E-state index in [-0.39, 0.29) is 11.5 Å². The number of hydrogen-bond acceptors (Lipinski definition) is 5. The smallest absolute Gasteiger partial charge is 0.150 e. The van der Waals surface area contributed by atoms with Gasteiger partial charge in [0, 0.05) is 13.1 Å². The maximum absolute atomic E-state index is 10.6. The van der Waals surface area contributed by atoms with Crippen LogP contribution in [0.2, 0.25) is 0 Å².